The van der Waals surface area contributed by atoms with Gasteiger partial charge in [-0.25, -0.2) is 0 Å². The van der Waals surface area contributed by atoms with E-state index < -0.39 is 0 Å². The first-order valence-corrected chi connectivity index (χ1v) is 6.44. The van der Waals surface area contributed by atoms with Crippen molar-refractivity contribution in [3.63, 3.8) is 0 Å². The third kappa shape index (κ3) is 2.06. The SMILES string of the molecule is O=C(c1ccc(Cl)cc1O)N1CC2CCC(C1)O2. The lowest BCUT2D eigenvalue weighted by Crippen LogP contribution is -2.45. The normalized spacial score (nSPS) is 26.4. The predicted octanol–water partition coefficient (Wildman–Crippen LogP) is 2.05. The number of hydrogen-bond donors (Lipinski definition) is 1. The molecule has 2 fully saturated rings. The van der Waals surface area contributed by atoms with Crippen molar-refractivity contribution >= 4 is 17.5 Å². The molecular formula is C13H14ClNO3. The van der Waals surface area contributed by atoms with E-state index in [4.69, 9.17) is 16.3 Å². The molecule has 4 nitrogen and oxygen atoms in total. The number of rotatable bonds is 1. The van der Waals surface area contributed by atoms with Crippen LogP contribution in [0.5, 0.6) is 5.75 Å². The molecule has 0 aromatic heterocycles. The van der Waals surface area contributed by atoms with Crippen LogP contribution in [-0.4, -0.2) is 41.2 Å². The molecule has 18 heavy (non-hydrogen) atoms. The molecule has 1 amide bonds. The summed E-state index contributed by atoms with van der Waals surface area (Å²) >= 11 is 5.76. The van der Waals surface area contributed by atoms with Crippen molar-refractivity contribution in [2.75, 3.05) is 13.1 Å². The maximum absolute atomic E-state index is 12.3. The lowest BCUT2D eigenvalue weighted by molar-refractivity contribution is -0.0304. The molecule has 1 aromatic rings. The number of hydrogen-bond acceptors (Lipinski definition) is 3. The zero-order chi connectivity index (χ0) is 12.7. The van der Waals surface area contributed by atoms with Gasteiger partial charge in [-0.15, -0.1) is 0 Å². The zero-order valence-electron chi connectivity index (χ0n) is 9.80. The topological polar surface area (TPSA) is 49.8 Å². The average molecular weight is 268 g/mol. The largest absolute Gasteiger partial charge is 0.507 e. The number of likely N-dealkylation sites (tertiary alicyclic amines) is 1. The Morgan fingerprint density at radius 2 is 2.00 bits per heavy atom. The second-order valence-electron chi connectivity index (χ2n) is 4.83. The molecule has 0 radical (unpaired) electrons. The van der Waals surface area contributed by atoms with Crippen molar-refractivity contribution in [2.45, 2.75) is 25.0 Å². The summed E-state index contributed by atoms with van der Waals surface area (Å²) in [6.45, 7) is 1.22. The van der Waals surface area contributed by atoms with Gasteiger partial charge in [-0.05, 0) is 31.0 Å². The minimum absolute atomic E-state index is 0.0636. The average Bonchev–Trinajstić information content (AvgIpc) is 2.67. The lowest BCUT2D eigenvalue weighted by atomic mass is 10.1. The third-order valence-corrected chi connectivity index (χ3v) is 3.76. The number of carbonyl (C=O) groups is 1. The second-order valence-corrected chi connectivity index (χ2v) is 5.27. The van der Waals surface area contributed by atoms with E-state index in [1.165, 1.54) is 6.07 Å². The standard InChI is InChI=1S/C13H14ClNO3/c14-8-1-4-11(12(16)5-8)13(17)15-6-9-2-3-10(7-15)18-9/h1,4-5,9-10,16H,2-3,6-7H2. The van der Waals surface area contributed by atoms with Gasteiger partial charge in [0.25, 0.3) is 5.91 Å². The molecule has 1 aromatic carbocycles. The lowest BCUT2D eigenvalue weighted by Gasteiger charge is -2.32. The molecule has 2 saturated heterocycles. The van der Waals surface area contributed by atoms with E-state index in [0.717, 1.165) is 12.8 Å². The van der Waals surface area contributed by atoms with Crippen LogP contribution in [-0.2, 0) is 4.74 Å². The maximum Gasteiger partial charge on any atom is 0.257 e. The Labute approximate surface area is 110 Å². The number of fused-ring (bicyclic) bond motifs is 2. The minimum Gasteiger partial charge on any atom is -0.507 e. The number of phenols is 1. The molecule has 0 spiro atoms. The summed E-state index contributed by atoms with van der Waals surface area (Å²) in [7, 11) is 0. The number of phenolic OH excluding ortho intramolecular Hbond substituents is 1. The van der Waals surface area contributed by atoms with Crippen LogP contribution in [0.3, 0.4) is 0 Å². The van der Waals surface area contributed by atoms with Crippen LogP contribution in [0.2, 0.25) is 5.02 Å². The summed E-state index contributed by atoms with van der Waals surface area (Å²) in [6.07, 6.45) is 2.34. The summed E-state index contributed by atoms with van der Waals surface area (Å²) in [5.41, 5.74) is 0.306. The summed E-state index contributed by atoms with van der Waals surface area (Å²) < 4.78 is 5.69. The molecule has 96 valence electrons. The van der Waals surface area contributed by atoms with E-state index in [0.29, 0.717) is 23.7 Å². The fourth-order valence-corrected chi connectivity index (χ4v) is 2.80. The van der Waals surface area contributed by atoms with Gasteiger partial charge >= 0.3 is 0 Å². The van der Waals surface area contributed by atoms with Crippen LogP contribution >= 0.6 is 11.6 Å². The van der Waals surface area contributed by atoms with Crippen molar-refractivity contribution in [1.82, 2.24) is 4.90 Å². The number of ether oxygens (including phenoxy) is 1. The fourth-order valence-electron chi connectivity index (χ4n) is 2.64. The van der Waals surface area contributed by atoms with E-state index in [1.54, 1.807) is 17.0 Å². The molecule has 2 atom stereocenters. The smallest absolute Gasteiger partial charge is 0.257 e. The molecule has 3 rings (SSSR count). The number of morpholine rings is 1. The second kappa shape index (κ2) is 4.44. The van der Waals surface area contributed by atoms with Crippen molar-refractivity contribution in [3.05, 3.63) is 28.8 Å². The monoisotopic (exact) mass is 267 g/mol. The highest BCUT2D eigenvalue weighted by Crippen LogP contribution is 2.29. The van der Waals surface area contributed by atoms with Gasteiger partial charge in [0, 0.05) is 18.1 Å². The molecule has 2 bridgehead atoms. The third-order valence-electron chi connectivity index (χ3n) is 3.52. The number of aromatic hydroxyl groups is 1. The molecule has 2 aliphatic rings. The molecule has 1 N–H and O–H groups in total. The first kappa shape index (κ1) is 11.8. The number of benzene rings is 1. The van der Waals surface area contributed by atoms with Gasteiger partial charge in [0.1, 0.15) is 5.75 Å². The van der Waals surface area contributed by atoms with Gasteiger partial charge in [0.05, 0.1) is 17.8 Å². The summed E-state index contributed by atoms with van der Waals surface area (Å²) in [5.74, 6) is -0.212. The highest BCUT2D eigenvalue weighted by Gasteiger charge is 2.36. The van der Waals surface area contributed by atoms with Gasteiger partial charge in [0.2, 0.25) is 0 Å². The Bertz CT molecular complexity index is 479. The van der Waals surface area contributed by atoms with Gasteiger partial charge in [-0.3, -0.25) is 4.79 Å². The van der Waals surface area contributed by atoms with Crippen LogP contribution < -0.4 is 0 Å². The quantitative estimate of drug-likeness (QED) is 0.847. The first-order chi connectivity index (χ1) is 8.63. The number of halogens is 1. The highest BCUT2D eigenvalue weighted by atomic mass is 35.5. The Morgan fingerprint density at radius 1 is 1.33 bits per heavy atom. The highest BCUT2D eigenvalue weighted by molar-refractivity contribution is 6.30. The van der Waals surface area contributed by atoms with Gasteiger partial charge < -0.3 is 14.7 Å². The van der Waals surface area contributed by atoms with Crippen LogP contribution in [0.1, 0.15) is 23.2 Å². The van der Waals surface area contributed by atoms with E-state index in [1.807, 2.05) is 0 Å². The van der Waals surface area contributed by atoms with E-state index in [-0.39, 0.29) is 23.9 Å². The van der Waals surface area contributed by atoms with Crippen molar-refractivity contribution in [1.29, 1.82) is 0 Å². The Balaban J connectivity index is 1.82. The summed E-state index contributed by atoms with van der Waals surface area (Å²) in [6, 6.07) is 4.57. The number of amides is 1. The van der Waals surface area contributed by atoms with Crippen molar-refractivity contribution in [2.24, 2.45) is 0 Å². The Kier molecular flexibility index (Phi) is 2.92. The summed E-state index contributed by atoms with van der Waals surface area (Å²) in [4.78, 5) is 14.1. The van der Waals surface area contributed by atoms with Crippen LogP contribution in [0.4, 0.5) is 0 Å². The zero-order valence-corrected chi connectivity index (χ0v) is 10.6. The minimum atomic E-state index is -0.149. The number of carbonyl (C=O) groups excluding carboxylic acids is 1. The molecule has 2 unspecified atom stereocenters. The van der Waals surface area contributed by atoms with Crippen LogP contribution in [0.25, 0.3) is 0 Å². The molecule has 2 heterocycles. The number of nitrogens with zero attached hydrogens (tertiary/aromatic N) is 1. The molecule has 0 saturated carbocycles. The van der Waals surface area contributed by atoms with E-state index in [2.05, 4.69) is 0 Å². The first-order valence-electron chi connectivity index (χ1n) is 6.07. The van der Waals surface area contributed by atoms with Gasteiger partial charge in [-0.2, -0.15) is 0 Å². The Hall–Kier alpha value is -1.26. The molecule has 2 aliphatic heterocycles. The van der Waals surface area contributed by atoms with Crippen molar-refractivity contribution < 1.29 is 14.6 Å². The summed E-state index contributed by atoms with van der Waals surface area (Å²) in [5, 5.41) is 10.2. The van der Waals surface area contributed by atoms with Crippen LogP contribution in [0, 0.1) is 0 Å². The molecule has 0 aliphatic carbocycles. The van der Waals surface area contributed by atoms with Gasteiger partial charge in [0.15, 0.2) is 0 Å². The van der Waals surface area contributed by atoms with E-state index >= 15 is 0 Å². The van der Waals surface area contributed by atoms with E-state index in [9.17, 15) is 9.90 Å². The molecule has 5 heteroatoms. The maximum atomic E-state index is 12.3. The van der Waals surface area contributed by atoms with Crippen LogP contribution in [0.15, 0.2) is 18.2 Å². The fraction of sp³-hybridized carbons (Fsp3) is 0.462. The van der Waals surface area contributed by atoms with Crippen molar-refractivity contribution in [3.8, 4) is 5.75 Å². The van der Waals surface area contributed by atoms with Gasteiger partial charge in [-0.1, -0.05) is 11.6 Å². The predicted molar refractivity (Wildman–Crippen MR) is 66.9 cm³/mol. The molecular weight excluding hydrogens is 254 g/mol. The Morgan fingerprint density at radius 3 is 2.61 bits per heavy atom.